The van der Waals surface area contributed by atoms with Crippen LogP contribution in [0.25, 0.3) is 0 Å². The lowest BCUT2D eigenvalue weighted by Crippen LogP contribution is -2.43. The maximum atomic E-state index is 11.0. The normalized spacial score (nSPS) is 20.2. The molecule has 19 heavy (non-hydrogen) atoms. The van der Waals surface area contributed by atoms with Crippen LogP contribution >= 0.6 is 0 Å². The predicted molar refractivity (Wildman–Crippen MR) is 73.6 cm³/mol. The quantitative estimate of drug-likeness (QED) is 0.662. The number of aryl methyl sites for hydroxylation is 1. The number of rotatable bonds is 4. The monoisotopic (exact) mass is 265 g/mol. The van der Waals surface area contributed by atoms with Gasteiger partial charge in [-0.3, -0.25) is 10.1 Å². The summed E-state index contributed by atoms with van der Waals surface area (Å²) in [5, 5.41) is 14.1. The van der Waals surface area contributed by atoms with E-state index in [1.165, 1.54) is 6.07 Å². The highest BCUT2D eigenvalue weighted by Crippen LogP contribution is 2.25. The summed E-state index contributed by atoms with van der Waals surface area (Å²) >= 11 is 0. The van der Waals surface area contributed by atoms with Crippen molar-refractivity contribution in [2.75, 3.05) is 38.6 Å². The number of nitro groups is 1. The van der Waals surface area contributed by atoms with E-state index >= 15 is 0 Å². The van der Waals surface area contributed by atoms with Crippen LogP contribution in [-0.4, -0.2) is 49.2 Å². The largest absolute Gasteiger partial charge is 0.377 e. The van der Waals surface area contributed by atoms with Gasteiger partial charge in [0.2, 0.25) is 0 Å². The summed E-state index contributed by atoms with van der Waals surface area (Å²) in [5.41, 5.74) is 1.66. The van der Waals surface area contributed by atoms with E-state index in [-0.39, 0.29) is 16.7 Å². The molecule has 1 aliphatic heterocycles. The second-order valence-electron chi connectivity index (χ2n) is 4.91. The lowest BCUT2D eigenvalue weighted by molar-refractivity contribution is -0.384. The minimum atomic E-state index is -0.365. The van der Waals surface area contributed by atoms with Crippen LogP contribution in [0.2, 0.25) is 0 Å². The van der Waals surface area contributed by atoms with E-state index in [1.54, 1.807) is 12.1 Å². The maximum Gasteiger partial charge on any atom is 0.292 e. The Balaban J connectivity index is 2.02. The summed E-state index contributed by atoms with van der Waals surface area (Å²) in [5.74, 6) is 0. The number of hydrogen-bond acceptors (Lipinski definition) is 5. The molecule has 6 heteroatoms. The third kappa shape index (κ3) is 3.65. The van der Waals surface area contributed by atoms with Crippen LogP contribution in [-0.2, 0) is 4.74 Å². The fourth-order valence-electron chi connectivity index (χ4n) is 2.16. The molecule has 0 bridgehead atoms. The highest BCUT2D eigenvalue weighted by molar-refractivity contribution is 5.62. The number of nitro benzene ring substituents is 1. The molecule has 1 heterocycles. The van der Waals surface area contributed by atoms with Gasteiger partial charge in [0.05, 0.1) is 17.6 Å². The van der Waals surface area contributed by atoms with Gasteiger partial charge in [0.25, 0.3) is 5.69 Å². The van der Waals surface area contributed by atoms with Gasteiger partial charge < -0.3 is 15.0 Å². The number of anilines is 1. The molecule has 2 rings (SSSR count). The molecule has 0 radical (unpaired) electrons. The molecule has 0 aliphatic carbocycles. The van der Waals surface area contributed by atoms with Crippen LogP contribution in [0.1, 0.15) is 5.56 Å². The Labute approximate surface area is 112 Å². The van der Waals surface area contributed by atoms with E-state index in [0.29, 0.717) is 18.8 Å². The predicted octanol–water partition coefficient (Wildman–Crippen LogP) is 1.65. The lowest BCUT2D eigenvalue weighted by Gasteiger charge is -2.30. The average molecular weight is 265 g/mol. The highest BCUT2D eigenvalue weighted by Gasteiger charge is 2.19. The van der Waals surface area contributed by atoms with Crippen molar-refractivity contribution in [2.24, 2.45) is 0 Å². The van der Waals surface area contributed by atoms with Crippen LogP contribution in [0.5, 0.6) is 0 Å². The molecule has 1 atom stereocenters. The topological polar surface area (TPSA) is 67.6 Å². The molecule has 1 saturated heterocycles. The molecular formula is C13H19N3O3. The number of nitrogens with zero attached hydrogens (tertiary/aromatic N) is 2. The summed E-state index contributed by atoms with van der Waals surface area (Å²) in [6, 6.07) is 5.07. The molecule has 0 spiro atoms. The maximum absolute atomic E-state index is 11.0. The zero-order valence-electron chi connectivity index (χ0n) is 11.3. The number of ether oxygens (including phenoxy) is 1. The van der Waals surface area contributed by atoms with E-state index in [4.69, 9.17) is 4.74 Å². The summed E-state index contributed by atoms with van der Waals surface area (Å²) in [6.07, 6.45) is 0.0684. The van der Waals surface area contributed by atoms with E-state index in [9.17, 15) is 10.1 Å². The molecule has 0 amide bonds. The van der Waals surface area contributed by atoms with Crippen molar-refractivity contribution in [3.8, 4) is 0 Å². The van der Waals surface area contributed by atoms with Gasteiger partial charge in [0.1, 0.15) is 5.69 Å². The number of benzene rings is 1. The molecule has 104 valence electrons. The molecule has 1 unspecified atom stereocenters. The zero-order valence-corrected chi connectivity index (χ0v) is 11.3. The van der Waals surface area contributed by atoms with Crippen molar-refractivity contribution < 1.29 is 9.66 Å². The molecule has 1 aromatic rings. The summed E-state index contributed by atoms with van der Waals surface area (Å²) in [7, 11) is 2.05. The molecule has 1 N–H and O–H groups in total. The van der Waals surface area contributed by atoms with Crippen molar-refractivity contribution in [1.82, 2.24) is 4.90 Å². The Bertz CT molecular complexity index is 464. The van der Waals surface area contributed by atoms with E-state index in [2.05, 4.69) is 10.2 Å². The molecule has 0 aromatic heterocycles. The van der Waals surface area contributed by atoms with Crippen LogP contribution in [0.4, 0.5) is 11.4 Å². The zero-order chi connectivity index (χ0) is 13.8. The number of morpholine rings is 1. The summed E-state index contributed by atoms with van der Waals surface area (Å²) in [4.78, 5) is 12.8. The van der Waals surface area contributed by atoms with Crippen molar-refractivity contribution in [3.63, 3.8) is 0 Å². The fraction of sp³-hybridized carbons (Fsp3) is 0.538. The van der Waals surface area contributed by atoms with Crippen LogP contribution in [0.3, 0.4) is 0 Å². The van der Waals surface area contributed by atoms with Crippen molar-refractivity contribution >= 4 is 11.4 Å². The first-order valence-corrected chi connectivity index (χ1v) is 6.35. The van der Waals surface area contributed by atoms with E-state index < -0.39 is 0 Å². The molecular weight excluding hydrogens is 246 g/mol. The van der Waals surface area contributed by atoms with Crippen LogP contribution in [0, 0.1) is 17.0 Å². The van der Waals surface area contributed by atoms with E-state index in [0.717, 1.165) is 18.7 Å². The van der Waals surface area contributed by atoms with Crippen LogP contribution in [0.15, 0.2) is 18.2 Å². The average Bonchev–Trinajstić information content (AvgIpc) is 2.36. The van der Waals surface area contributed by atoms with Gasteiger partial charge in [-0.05, 0) is 25.6 Å². The number of nitrogens with one attached hydrogen (secondary N) is 1. The molecule has 1 aromatic carbocycles. The summed E-state index contributed by atoms with van der Waals surface area (Å²) in [6.45, 7) is 4.97. The molecule has 6 nitrogen and oxygen atoms in total. The Morgan fingerprint density at radius 3 is 3.05 bits per heavy atom. The number of hydrogen-bond donors (Lipinski definition) is 1. The second kappa shape index (κ2) is 5.99. The van der Waals surface area contributed by atoms with Gasteiger partial charge in [0, 0.05) is 25.7 Å². The Morgan fingerprint density at radius 1 is 1.58 bits per heavy atom. The van der Waals surface area contributed by atoms with Gasteiger partial charge in [-0.25, -0.2) is 0 Å². The van der Waals surface area contributed by atoms with Gasteiger partial charge in [-0.1, -0.05) is 6.07 Å². The Kier molecular flexibility index (Phi) is 4.34. The standard InChI is InChI=1S/C13H19N3O3/c1-10-3-4-13(16(17)18)12(7-10)14-8-11-9-15(2)5-6-19-11/h3-4,7,11,14H,5-6,8-9H2,1-2H3. The van der Waals surface area contributed by atoms with Gasteiger partial charge in [-0.2, -0.15) is 0 Å². The minimum Gasteiger partial charge on any atom is -0.377 e. The second-order valence-corrected chi connectivity index (χ2v) is 4.91. The van der Waals surface area contributed by atoms with Crippen molar-refractivity contribution in [1.29, 1.82) is 0 Å². The smallest absolute Gasteiger partial charge is 0.292 e. The Morgan fingerprint density at radius 2 is 2.37 bits per heavy atom. The third-order valence-corrected chi connectivity index (χ3v) is 3.21. The van der Waals surface area contributed by atoms with Crippen LogP contribution < -0.4 is 5.32 Å². The first kappa shape index (κ1) is 13.8. The molecule has 1 fully saturated rings. The number of likely N-dealkylation sites (N-methyl/N-ethyl adjacent to an activating group) is 1. The third-order valence-electron chi connectivity index (χ3n) is 3.21. The first-order valence-electron chi connectivity index (χ1n) is 6.35. The van der Waals surface area contributed by atoms with Crippen molar-refractivity contribution in [3.05, 3.63) is 33.9 Å². The Hall–Kier alpha value is -1.66. The fourth-order valence-corrected chi connectivity index (χ4v) is 2.16. The lowest BCUT2D eigenvalue weighted by atomic mass is 10.2. The van der Waals surface area contributed by atoms with E-state index in [1.807, 2.05) is 14.0 Å². The van der Waals surface area contributed by atoms with Gasteiger partial charge >= 0.3 is 0 Å². The molecule has 1 aliphatic rings. The van der Waals surface area contributed by atoms with Crippen molar-refractivity contribution in [2.45, 2.75) is 13.0 Å². The summed E-state index contributed by atoms with van der Waals surface area (Å²) < 4.78 is 5.63. The SMILES string of the molecule is Cc1ccc([N+](=O)[O-])c(NCC2CN(C)CCO2)c1. The highest BCUT2D eigenvalue weighted by atomic mass is 16.6. The minimum absolute atomic E-state index is 0.0684. The van der Waals surface area contributed by atoms with Gasteiger partial charge in [-0.15, -0.1) is 0 Å². The molecule has 0 saturated carbocycles. The first-order chi connectivity index (χ1) is 9.06. The van der Waals surface area contributed by atoms with Gasteiger partial charge in [0.15, 0.2) is 0 Å².